The number of urea groups is 1. The van der Waals surface area contributed by atoms with Crippen molar-refractivity contribution in [2.75, 3.05) is 23.9 Å². The molecule has 0 aromatic heterocycles. The molecule has 1 unspecified atom stereocenters. The van der Waals surface area contributed by atoms with Gasteiger partial charge in [-0.3, -0.25) is 4.79 Å². The summed E-state index contributed by atoms with van der Waals surface area (Å²) < 4.78 is 5.19. The Morgan fingerprint density at radius 3 is 2.53 bits per heavy atom. The van der Waals surface area contributed by atoms with Gasteiger partial charge in [0.2, 0.25) is 0 Å². The summed E-state index contributed by atoms with van der Waals surface area (Å²) >= 11 is 0. The Balaban J connectivity index is 1.56. The Labute approximate surface area is 175 Å². The van der Waals surface area contributed by atoms with E-state index in [0.29, 0.717) is 18.0 Å². The summed E-state index contributed by atoms with van der Waals surface area (Å²) in [4.78, 5) is 27.9. The maximum absolute atomic E-state index is 13.5. The van der Waals surface area contributed by atoms with Gasteiger partial charge in [0.05, 0.1) is 7.11 Å². The van der Waals surface area contributed by atoms with E-state index in [1.807, 2.05) is 54.6 Å². The van der Waals surface area contributed by atoms with E-state index in [9.17, 15) is 9.59 Å². The number of fused-ring (bicyclic) bond motifs is 1. The number of methoxy groups -OCH3 is 1. The second-order valence-electron chi connectivity index (χ2n) is 7.04. The van der Waals surface area contributed by atoms with Crippen LogP contribution >= 0.6 is 0 Å². The van der Waals surface area contributed by atoms with E-state index in [4.69, 9.17) is 4.74 Å². The number of nitrogens with one attached hydrogen (secondary N) is 2. The van der Waals surface area contributed by atoms with Gasteiger partial charge in [0.25, 0.3) is 5.91 Å². The highest BCUT2D eigenvalue weighted by Crippen LogP contribution is 2.30. The number of para-hydroxylation sites is 1. The third kappa shape index (κ3) is 4.12. The van der Waals surface area contributed by atoms with Crippen molar-refractivity contribution in [3.05, 3.63) is 90.0 Å². The summed E-state index contributed by atoms with van der Waals surface area (Å²) in [5.74, 6) is 0.476. The second kappa shape index (κ2) is 8.69. The molecule has 1 aliphatic rings. The minimum Gasteiger partial charge on any atom is -0.497 e. The quantitative estimate of drug-likeness (QED) is 0.675. The molecule has 3 amide bonds. The van der Waals surface area contributed by atoms with E-state index in [0.717, 1.165) is 23.2 Å². The number of carbonyl (C=O) groups excluding carboxylic acids is 2. The first-order chi connectivity index (χ1) is 14.7. The van der Waals surface area contributed by atoms with Crippen molar-refractivity contribution in [3.8, 4) is 5.75 Å². The molecule has 0 aliphatic carbocycles. The van der Waals surface area contributed by atoms with E-state index >= 15 is 0 Å². The smallest absolute Gasteiger partial charge is 0.320 e. The first-order valence-corrected chi connectivity index (χ1v) is 9.81. The topological polar surface area (TPSA) is 70.7 Å². The van der Waals surface area contributed by atoms with Crippen LogP contribution in [0, 0.1) is 0 Å². The van der Waals surface area contributed by atoms with Crippen LogP contribution in [0.5, 0.6) is 5.75 Å². The molecule has 152 valence electrons. The summed E-state index contributed by atoms with van der Waals surface area (Å²) in [6.07, 6.45) is 0.805. The summed E-state index contributed by atoms with van der Waals surface area (Å²) in [5.41, 5.74) is 3.35. The highest BCUT2D eigenvalue weighted by molar-refractivity contribution is 6.02. The largest absolute Gasteiger partial charge is 0.497 e. The molecular weight excluding hydrogens is 378 g/mol. The average Bonchev–Trinajstić information content (AvgIpc) is 3.22. The fourth-order valence-electron chi connectivity index (χ4n) is 3.66. The molecule has 3 aromatic carbocycles. The lowest BCUT2D eigenvalue weighted by molar-refractivity contribution is -0.120. The fraction of sp³-hybridized carbons (Fsp3) is 0.167. The van der Waals surface area contributed by atoms with Gasteiger partial charge in [-0.15, -0.1) is 0 Å². The van der Waals surface area contributed by atoms with Crippen LogP contribution in [0.2, 0.25) is 0 Å². The zero-order valence-electron chi connectivity index (χ0n) is 16.7. The van der Waals surface area contributed by atoms with Crippen LogP contribution in [0.25, 0.3) is 0 Å². The Bertz CT molecular complexity index is 1050. The van der Waals surface area contributed by atoms with Crippen molar-refractivity contribution in [3.63, 3.8) is 0 Å². The van der Waals surface area contributed by atoms with E-state index < -0.39 is 12.1 Å². The van der Waals surface area contributed by atoms with Crippen molar-refractivity contribution in [2.24, 2.45) is 0 Å². The zero-order chi connectivity index (χ0) is 20.9. The number of carbonyl (C=O) groups is 2. The number of hydrogen-bond donors (Lipinski definition) is 2. The van der Waals surface area contributed by atoms with Crippen molar-refractivity contribution in [1.29, 1.82) is 0 Å². The minimum absolute atomic E-state index is 0.160. The molecule has 30 heavy (non-hydrogen) atoms. The third-order valence-corrected chi connectivity index (χ3v) is 5.14. The molecule has 0 fully saturated rings. The summed E-state index contributed by atoms with van der Waals surface area (Å²) in [5, 5.41) is 5.63. The van der Waals surface area contributed by atoms with E-state index in [1.54, 1.807) is 36.3 Å². The lowest BCUT2D eigenvalue weighted by atomic mass is 10.1. The summed E-state index contributed by atoms with van der Waals surface area (Å²) in [6, 6.07) is 23.0. The highest BCUT2D eigenvalue weighted by atomic mass is 16.5. The maximum atomic E-state index is 13.5. The van der Waals surface area contributed by atoms with E-state index in [1.165, 1.54) is 0 Å². The molecule has 0 radical (unpaired) electrons. The van der Waals surface area contributed by atoms with Crippen molar-refractivity contribution in [1.82, 2.24) is 5.32 Å². The first kappa shape index (κ1) is 19.5. The Morgan fingerprint density at radius 1 is 0.967 bits per heavy atom. The standard InChI is InChI=1S/C24H23N3O3/c1-30-20-12-7-11-19(16-20)25-24(29)26-22(18-9-3-2-4-10-18)23(28)27-15-14-17-8-5-6-13-21(17)27/h2-13,16,22H,14-15H2,1H3,(H2,25,26,29). The van der Waals surface area contributed by atoms with Crippen LogP contribution < -0.4 is 20.3 Å². The predicted molar refractivity (Wildman–Crippen MR) is 117 cm³/mol. The molecule has 0 saturated carbocycles. The first-order valence-electron chi connectivity index (χ1n) is 9.81. The van der Waals surface area contributed by atoms with E-state index in [2.05, 4.69) is 10.6 Å². The van der Waals surface area contributed by atoms with E-state index in [-0.39, 0.29) is 5.91 Å². The number of nitrogens with zero attached hydrogens (tertiary/aromatic N) is 1. The fourth-order valence-corrected chi connectivity index (χ4v) is 3.66. The van der Waals surface area contributed by atoms with Gasteiger partial charge in [-0.25, -0.2) is 4.79 Å². The maximum Gasteiger partial charge on any atom is 0.320 e. The molecule has 0 saturated heterocycles. The monoisotopic (exact) mass is 401 g/mol. The van der Waals surface area contributed by atoms with Crippen LogP contribution in [0.4, 0.5) is 16.2 Å². The van der Waals surface area contributed by atoms with Gasteiger partial charge in [-0.05, 0) is 35.7 Å². The number of ether oxygens (including phenoxy) is 1. The molecule has 6 heteroatoms. The molecule has 1 atom stereocenters. The summed E-state index contributed by atoms with van der Waals surface area (Å²) in [6.45, 7) is 0.598. The molecule has 2 N–H and O–H groups in total. The number of benzene rings is 3. The molecule has 4 rings (SSSR count). The number of amides is 3. The highest BCUT2D eigenvalue weighted by Gasteiger charge is 2.32. The number of rotatable bonds is 5. The van der Waals surface area contributed by atoms with Crippen LogP contribution in [-0.2, 0) is 11.2 Å². The van der Waals surface area contributed by atoms with Crippen LogP contribution in [0.1, 0.15) is 17.2 Å². The van der Waals surface area contributed by atoms with Crippen molar-refractivity contribution < 1.29 is 14.3 Å². The van der Waals surface area contributed by atoms with Gasteiger partial charge in [-0.1, -0.05) is 54.6 Å². The molecule has 1 aliphatic heterocycles. The molecule has 0 bridgehead atoms. The molecule has 6 nitrogen and oxygen atoms in total. The SMILES string of the molecule is COc1cccc(NC(=O)NC(C(=O)N2CCc3ccccc32)c2ccccc2)c1. The number of hydrogen-bond acceptors (Lipinski definition) is 3. The predicted octanol–water partition coefficient (Wildman–Crippen LogP) is 4.15. The lowest BCUT2D eigenvalue weighted by Crippen LogP contribution is -2.43. The second-order valence-corrected chi connectivity index (χ2v) is 7.04. The molecule has 1 heterocycles. The van der Waals surface area contributed by atoms with Crippen molar-refractivity contribution >= 4 is 23.3 Å². The summed E-state index contributed by atoms with van der Waals surface area (Å²) in [7, 11) is 1.57. The molecule has 0 spiro atoms. The number of anilines is 2. The van der Waals surface area contributed by atoms with Gasteiger partial charge in [0, 0.05) is 24.0 Å². The van der Waals surface area contributed by atoms with Gasteiger partial charge in [-0.2, -0.15) is 0 Å². The van der Waals surface area contributed by atoms with Gasteiger partial charge < -0.3 is 20.3 Å². The van der Waals surface area contributed by atoms with Crippen LogP contribution in [0.3, 0.4) is 0 Å². The van der Waals surface area contributed by atoms with Crippen LogP contribution in [0.15, 0.2) is 78.9 Å². The lowest BCUT2D eigenvalue weighted by Gasteiger charge is -2.25. The van der Waals surface area contributed by atoms with Gasteiger partial charge >= 0.3 is 6.03 Å². The molecule has 3 aromatic rings. The van der Waals surface area contributed by atoms with Crippen LogP contribution in [-0.4, -0.2) is 25.6 Å². The van der Waals surface area contributed by atoms with Crippen molar-refractivity contribution in [2.45, 2.75) is 12.5 Å². The molecular formula is C24H23N3O3. The Kier molecular flexibility index (Phi) is 5.66. The Morgan fingerprint density at radius 2 is 1.73 bits per heavy atom. The average molecular weight is 401 g/mol. The van der Waals surface area contributed by atoms with Gasteiger partial charge in [0.1, 0.15) is 11.8 Å². The normalized spacial score (nSPS) is 13.3. The zero-order valence-corrected chi connectivity index (χ0v) is 16.7. The minimum atomic E-state index is -0.803. The third-order valence-electron chi connectivity index (χ3n) is 5.14. The Hall–Kier alpha value is -3.80. The van der Waals surface area contributed by atoms with Gasteiger partial charge in [0.15, 0.2) is 0 Å².